The van der Waals surface area contributed by atoms with E-state index in [-0.39, 0.29) is 0 Å². The Morgan fingerprint density at radius 2 is 1.06 bits per heavy atom. The zero-order valence-electron chi connectivity index (χ0n) is 9.36. The molecule has 0 aliphatic carbocycles. The van der Waals surface area contributed by atoms with Gasteiger partial charge in [0.25, 0.3) is 0 Å². The van der Waals surface area contributed by atoms with Gasteiger partial charge in [0.15, 0.2) is 0 Å². The second kappa shape index (κ2) is 2.40. The average Bonchev–Trinajstić information content (AvgIpc) is 2.22. The first-order valence-electron chi connectivity index (χ1n) is 5.57. The molecule has 0 fully saturated rings. The second-order valence-corrected chi connectivity index (χ2v) is 4.61. The van der Waals surface area contributed by atoms with Crippen molar-refractivity contribution in [2.45, 2.75) is 13.8 Å². The van der Waals surface area contributed by atoms with Gasteiger partial charge in [-0.1, -0.05) is 12.1 Å². The van der Waals surface area contributed by atoms with Gasteiger partial charge in [0.1, 0.15) is 0 Å². The van der Waals surface area contributed by atoms with Crippen LogP contribution in [0.4, 0.5) is 0 Å². The molecule has 0 aliphatic rings. The molecule has 0 spiro atoms. The van der Waals surface area contributed by atoms with E-state index in [1.165, 1.54) is 33.2 Å². The molecular formula is C14H12N2. The normalized spacial score (nSPS) is 12.4. The highest BCUT2D eigenvalue weighted by atomic mass is 15.4. The van der Waals surface area contributed by atoms with Crippen molar-refractivity contribution >= 4 is 22.1 Å². The third-order valence-electron chi connectivity index (χ3n) is 3.37. The van der Waals surface area contributed by atoms with Crippen LogP contribution < -0.4 is 0 Å². The molecule has 0 saturated heterocycles. The van der Waals surface area contributed by atoms with Crippen LogP contribution in [0.5, 0.6) is 0 Å². The first-order valence-corrected chi connectivity index (χ1v) is 5.57. The Bertz CT molecular complexity index is 747. The lowest BCUT2D eigenvalue weighted by atomic mass is 10.1. The summed E-state index contributed by atoms with van der Waals surface area (Å²) in [7, 11) is 0. The standard InChI is InChI=1S/C14H12N2/c1-9-3-5-11-13(7-9)15-12-6-4-10(2)8-14(12)16(11)15/h3-8H,1-2H3. The molecule has 78 valence electrons. The monoisotopic (exact) mass is 208 g/mol. The maximum atomic E-state index is 2.27. The van der Waals surface area contributed by atoms with E-state index in [1.54, 1.807) is 0 Å². The van der Waals surface area contributed by atoms with Gasteiger partial charge in [-0.05, 0) is 49.2 Å². The molecule has 4 aromatic rings. The molecule has 2 aromatic carbocycles. The minimum absolute atomic E-state index is 1.32. The predicted octanol–water partition coefficient (Wildman–Crippen LogP) is 3.40. The third kappa shape index (κ3) is 0.757. The van der Waals surface area contributed by atoms with Crippen LogP contribution in [0, 0.1) is 13.8 Å². The van der Waals surface area contributed by atoms with Gasteiger partial charge in [-0.15, -0.1) is 0 Å². The number of aryl methyl sites for hydroxylation is 2. The average molecular weight is 208 g/mol. The Morgan fingerprint density at radius 1 is 0.625 bits per heavy atom. The topological polar surface area (TPSA) is 8.82 Å². The fourth-order valence-corrected chi connectivity index (χ4v) is 2.57. The summed E-state index contributed by atoms with van der Waals surface area (Å²) in [4.78, 5) is 0. The lowest BCUT2D eigenvalue weighted by Gasteiger charge is -2.25. The molecule has 0 radical (unpaired) electrons. The summed E-state index contributed by atoms with van der Waals surface area (Å²) in [6.07, 6.45) is 0. The van der Waals surface area contributed by atoms with E-state index in [9.17, 15) is 0 Å². The van der Waals surface area contributed by atoms with Gasteiger partial charge in [-0.2, -0.15) is 0 Å². The number of rotatable bonds is 0. The van der Waals surface area contributed by atoms with Gasteiger partial charge in [-0.25, -0.2) is 9.03 Å². The van der Waals surface area contributed by atoms with Crippen LogP contribution in [0.3, 0.4) is 0 Å². The summed E-state index contributed by atoms with van der Waals surface area (Å²) >= 11 is 0. The smallest absolute Gasteiger partial charge is 0.0897 e. The van der Waals surface area contributed by atoms with Crippen LogP contribution in [0.15, 0.2) is 36.4 Å². The lowest BCUT2D eigenvalue weighted by molar-refractivity contribution is 0.827. The minimum Gasteiger partial charge on any atom is -0.244 e. The van der Waals surface area contributed by atoms with Crippen molar-refractivity contribution < 1.29 is 0 Å². The minimum atomic E-state index is 1.32. The van der Waals surface area contributed by atoms with Crippen LogP contribution in [0.2, 0.25) is 0 Å². The fourth-order valence-electron chi connectivity index (χ4n) is 2.57. The maximum absolute atomic E-state index is 2.27. The van der Waals surface area contributed by atoms with Crippen LogP contribution in [0.25, 0.3) is 22.1 Å². The molecule has 0 bridgehead atoms. The molecule has 0 unspecified atom stereocenters. The zero-order valence-corrected chi connectivity index (χ0v) is 9.36. The Morgan fingerprint density at radius 3 is 1.50 bits per heavy atom. The SMILES string of the molecule is Cc1ccc2c(c1)n1c3ccc(C)cc3n21. The van der Waals surface area contributed by atoms with Crippen molar-refractivity contribution in [2.24, 2.45) is 0 Å². The van der Waals surface area contributed by atoms with Crippen LogP contribution >= 0.6 is 0 Å². The highest BCUT2D eigenvalue weighted by Crippen LogP contribution is 2.30. The molecule has 0 saturated carbocycles. The molecule has 2 nitrogen and oxygen atoms in total. The number of hydrogen-bond donors (Lipinski definition) is 0. The Labute approximate surface area is 93.0 Å². The third-order valence-corrected chi connectivity index (χ3v) is 3.37. The molecular weight excluding hydrogens is 196 g/mol. The first kappa shape index (κ1) is 8.22. The van der Waals surface area contributed by atoms with Gasteiger partial charge < -0.3 is 0 Å². The van der Waals surface area contributed by atoms with Gasteiger partial charge >= 0.3 is 0 Å². The van der Waals surface area contributed by atoms with Gasteiger partial charge in [0.05, 0.1) is 22.1 Å². The summed E-state index contributed by atoms with van der Waals surface area (Å²) in [6, 6.07) is 13.2. The molecule has 16 heavy (non-hydrogen) atoms. The van der Waals surface area contributed by atoms with E-state index in [0.717, 1.165) is 0 Å². The van der Waals surface area contributed by atoms with E-state index in [0.29, 0.717) is 0 Å². The quantitative estimate of drug-likeness (QED) is 0.392. The van der Waals surface area contributed by atoms with Gasteiger partial charge in [-0.3, -0.25) is 0 Å². The summed E-state index contributed by atoms with van der Waals surface area (Å²) in [5, 5.41) is 0. The molecule has 0 aliphatic heterocycles. The van der Waals surface area contributed by atoms with Crippen molar-refractivity contribution in [2.75, 3.05) is 0 Å². The maximum Gasteiger partial charge on any atom is 0.0897 e. The summed E-state index contributed by atoms with van der Waals surface area (Å²) in [6.45, 7) is 4.28. The number of nitrogens with zero attached hydrogens (tertiary/aromatic N) is 2. The summed E-state index contributed by atoms with van der Waals surface area (Å²) < 4.78 is 4.55. The molecule has 0 N–H and O–H groups in total. The van der Waals surface area contributed by atoms with Crippen molar-refractivity contribution in [1.29, 1.82) is 0 Å². The molecule has 4 rings (SSSR count). The first-order chi connectivity index (χ1) is 7.75. The van der Waals surface area contributed by atoms with Crippen LogP contribution in [-0.2, 0) is 0 Å². The predicted molar refractivity (Wildman–Crippen MR) is 66.5 cm³/mol. The number of hydrogen-bond acceptors (Lipinski definition) is 0. The zero-order chi connectivity index (χ0) is 10.9. The second-order valence-electron chi connectivity index (χ2n) is 4.61. The molecule has 2 heterocycles. The van der Waals surface area contributed by atoms with Crippen molar-refractivity contribution in [3.05, 3.63) is 47.5 Å². The number of benzene rings is 2. The number of fused-ring (bicyclic) bond motifs is 7. The van der Waals surface area contributed by atoms with Crippen LogP contribution in [-0.4, -0.2) is 9.03 Å². The largest absolute Gasteiger partial charge is 0.244 e. The molecule has 0 atom stereocenters. The van der Waals surface area contributed by atoms with E-state index >= 15 is 0 Å². The van der Waals surface area contributed by atoms with Crippen molar-refractivity contribution in [1.82, 2.24) is 9.03 Å². The molecule has 2 heteroatoms. The van der Waals surface area contributed by atoms with E-state index < -0.39 is 0 Å². The van der Waals surface area contributed by atoms with E-state index in [1.807, 2.05) is 0 Å². The Balaban J connectivity index is 2.21. The highest BCUT2D eigenvalue weighted by molar-refractivity contribution is 5.94. The Hall–Kier alpha value is -1.96. The number of aromatic nitrogens is 2. The van der Waals surface area contributed by atoms with Gasteiger partial charge in [0, 0.05) is 0 Å². The van der Waals surface area contributed by atoms with Crippen LogP contribution in [0.1, 0.15) is 11.1 Å². The Kier molecular flexibility index (Phi) is 1.24. The summed E-state index contributed by atoms with van der Waals surface area (Å²) in [5.41, 5.74) is 7.94. The fraction of sp³-hybridized carbons (Fsp3) is 0.143. The van der Waals surface area contributed by atoms with Crippen molar-refractivity contribution in [3.8, 4) is 0 Å². The molecule has 0 amide bonds. The lowest BCUT2D eigenvalue weighted by Crippen LogP contribution is -2.17. The van der Waals surface area contributed by atoms with E-state index in [4.69, 9.17) is 0 Å². The summed E-state index contributed by atoms with van der Waals surface area (Å²) in [5.74, 6) is 0. The van der Waals surface area contributed by atoms with E-state index in [2.05, 4.69) is 59.3 Å². The highest BCUT2D eigenvalue weighted by Gasteiger charge is 2.17. The van der Waals surface area contributed by atoms with Gasteiger partial charge in [0.2, 0.25) is 0 Å². The molecule has 2 aromatic heterocycles. The van der Waals surface area contributed by atoms with Crippen molar-refractivity contribution in [3.63, 3.8) is 0 Å².